The van der Waals surface area contributed by atoms with E-state index in [4.69, 9.17) is 0 Å². The number of aromatic nitrogens is 2. The molecule has 0 atom stereocenters. The first-order valence-corrected chi connectivity index (χ1v) is 7.33. The number of hydrogen-bond donors (Lipinski definition) is 0. The van der Waals surface area contributed by atoms with Crippen molar-refractivity contribution in [3.05, 3.63) is 76.2 Å². The number of carbonyl (C=O) groups excluding carboxylic acids is 1. The molecule has 5 heteroatoms. The van der Waals surface area contributed by atoms with Crippen LogP contribution in [-0.2, 0) is 6.54 Å². The van der Waals surface area contributed by atoms with Gasteiger partial charge in [-0.15, -0.1) is 0 Å². The fourth-order valence-electron chi connectivity index (χ4n) is 2.47. The van der Waals surface area contributed by atoms with E-state index in [1.54, 1.807) is 38.4 Å². The highest BCUT2D eigenvalue weighted by molar-refractivity contribution is 6.04. The minimum Gasteiger partial charge on any atom is -0.343 e. The molecule has 5 nitrogen and oxygen atoms in total. The topological polar surface area (TPSA) is 55.2 Å². The summed E-state index contributed by atoms with van der Waals surface area (Å²) in [5, 5.41) is 5.42. The molecule has 0 saturated carbocycles. The fourth-order valence-corrected chi connectivity index (χ4v) is 2.47. The Bertz CT molecular complexity index is 914. The van der Waals surface area contributed by atoms with E-state index in [0.717, 1.165) is 5.56 Å². The number of hydrogen-bond acceptors (Lipinski definition) is 3. The highest BCUT2D eigenvalue weighted by Crippen LogP contribution is 2.15. The predicted octanol–water partition coefficient (Wildman–Crippen LogP) is 2.15. The lowest BCUT2D eigenvalue weighted by molar-refractivity contribution is 0.0821. The average Bonchev–Trinajstić information content (AvgIpc) is 2.57. The Kier molecular flexibility index (Phi) is 3.93. The maximum Gasteiger partial charge on any atom is 0.274 e. The first-order chi connectivity index (χ1) is 11.1. The van der Waals surface area contributed by atoms with Crippen molar-refractivity contribution >= 4 is 16.7 Å². The van der Waals surface area contributed by atoms with Gasteiger partial charge < -0.3 is 4.90 Å². The molecule has 23 heavy (non-hydrogen) atoms. The van der Waals surface area contributed by atoms with Crippen LogP contribution in [0.4, 0.5) is 0 Å². The van der Waals surface area contributed by atoms with E-state index in [-0.39, 0.29) is 11.5 Å². The van der Waals surface area contributed by atoms with E-state index in [1.807, 2.05) is 30.3 Å². The summed E-state index contributed by atoms with van der Waals surface area (Å²) in [4.78, 5) is 26.5. The predicted molar refractivity (Wildman–Crippen MR) is 89.6 cm³/mol. The monoisotopic (exact) mass is 307 g/mol. The molecule has 3 rings (SSSR count). The molecule has 0 aliphatic carbocycles. The number of nitrogens with zero attached hydrogens (tertiary/aromatic N) is 3. The van der Waals surface area contributed by atoms with Crippen LogP contribution in [0.25, 0.3) is 10.8 Å². The summed E-state index contributed by atoms with van der Waals surface area (Å²) in [6.45, 7) is 0.332. The molecule has 0 radical (unpaired) electrons. The zero-order valence-corrected chi connectivity index (χ0v) is 13.1. The van der Waals surface area contributed by atoms with Gasteiger partial charge >= 0.3 is 0 Å². The first-order valence-electron chi connectivity index (χ1n) is 7.33. The third-order valence-corrected chi connectivity index (χ3v) is 3.65. The second-order valence-corrected chi connectivity index (χ2v) is 5.54. The summed E-state index contributed by atoms with van der Waals surface area (Å²) in [6, 6.07) is 16.7. The molecule has 0 fully saturated rings. The summed E-state index contributed by atoms with van der Waals surface area (Å²) in [5.41, 5.74) is 1.06. The molecule has 0 unspecified atom stereocenters. The minimum absolute atomic E-state index is 0.195. The van der Waals surface area contributed by atoms with Gasteiger partial charge in [0, 0.05) is 19.5 Å². The van der Waals surface area contributed by atoms with Crippen molar-refractivity contribution in [1.82, 2.24) is 14.7 Å². The van der Waals surface area contributed by atoms with Gasteiger partial charge in [-0.25, -0.2) is 4.68 Å². The number of amides is 1. The third-order valence-electron chi connectivity index (χ3n) is 3.65. The quantitative estimate of drug-likeness (QED) is 0.745. The van der Waals surface area contributed by atoms with Crippen LogP contribution in [0.15, 0.2) is 59.4 Å². The normalized spacial score (nSPS) is 10.7. The van der Waals surface area contributed by atoms with Crippen molar-refractivity contribution in [3.63, 3.8) is 0 Å². The van der Waals surface area contributed by atoms with Crippen LogP contribution in [0.1, 0.15) is 16.1 Å². The van der Waals surface area contributed by atoms with Gasteiger partial charge in [0.05, 0.1) is 11.9 Å². The van der Waals surface area contributed by atoms with Crippen LogP contribution in [-0.4, -0.2) is 34.7 Å². The van der Waals surface area contributed by atoms with Gasteiger partial charge in [0.25, 0.3) is 11.5 Å². The van der Waals surface area contributed by atoms with E-state index >= 15 is 0 Å². The summed E-state index contributed by atoms with van der Waals surface area (Å²) in [6.07, 6.45) is 0. The molecule has 0 N–H and O–H groups in total. The largest absolute Gasteiger partial charge is 0.343 e. The fraction of sp³-hybridized carbons (Fsp3) is 0.167. The Hall–Kier alpha value is -2.95. The Morgan fingerprint density at radius 2 is 1.61 bits per heavy atom. The van der Waals surface area contributed by atoms with Crippen LogP contribution in [0.5, 0.6) is 0 Å². The molecule has 0 spiro atoms. The van der Waals surface area contributed by atoms with Crippen LogP contribution in [0.2, 0.25) is 0 Å². The second-order valence-electron chi connectivity index (χ2n) is 5.54. The molecule has 0 bridgehead atoms. The molecule has 3 aromatic rings. The van der Waals surface area contributed by atoms with Gasteiger partial charge in [-0.05, 0) is 11.6 Å². The summed E-state index contributed by atoms with van der Waals surface area (Å²) in [5.74, 6) is -0.219. The summed E-state index contributed by atoms with van der Waals surface area (Å²) < 4.78 is 1.36. The molecule has 0 aliphatic heterocycles. The number of benzene rings is 2. The Morgan fingerprint density at radius 3 is 2.26 bits per heavy atom. The van der Waals surface area contributed by atoms with Crippen molar-refractivity contribution in [2.24, 2.45) is 0 Å². The number of carbonyl (C=O) groups is 1. The Labute approximate surface area is 133 Å². The van der Waals surface area contributed by atoms with Crippen molar-refractivity contribution in [1.29, 1.82) is 0 Å². The molecular weight excluding hydrogens is 290 g/mol. The van der Waals surface area contributed by atoms with Gasteiger partial charge in [-0.1, -0.05) is 48.5 Å². The van der Waals surface area contributed by atoms with Crippen LogP contribution < -0.4 is 5.56 Å². The minimum atomic E-state index is -0.219. The lowest BCUT2D eigenvalue weighted by Gasteiger charge is -2.14. The van der Waals surface area contributed by atoms with Crippen molar-refractivity contribution in [2.75, 3.05) is 14.1 Å². The van der Waals surface area contributed by atoms with Gasteiger partial charge in [0.1, 0.15) is 0 Å². The molecule has 116 valence electrons. The van der Waals surface area contributed by atoms with Gasteiger partial charge in [0.2, 0.25) is 0 Å². The Balaban J connectivity index is 2.21. The van der Waals surface area contributed by atoms with Gasteiger partial charge in [0.15, 0.2) is 5.69 Å². The Morgan fingerprint density at radius 1 is 1.00 bits per heavy atom. The lowest BCUT2D eigenvalue weighted by Crippen LogP contribution is -2.30. The summed E-state index contributed by atoms with van der Waals surface area (Å²) in [7, 11) is 3.34. The SMILES string of the molecule is CN(C)C(=O)c1nn(Cc2ccccc2)c(=O)c2ccccc12. The maximum absolute atomic E-state index is 12.7. The molecule has 2 aromatic carbocycles. The van der Waals surface area contributed by atoms with E-state index < -0.39 is 0 Å². The van der Waals surface area contributed by atoms with Crippen LogP contribution in [0, 0.1) is 0 Å². The van der Waals surface area contributed by atoms with Crippen LogP contribution in [0.3, 0.4) is 0 Å². The van der Waals surface area contributed by atoms with E-state index in [2.05, 4.69) is 5.10 Å². The number of rotatable bonds is 3. The number of fused-ring (bicyclic) bond motifs is 1. The van der Waals surface area contributed by atoms with Crippen molar-refractivity contribution < 1.29 is 4.79 Å². The standard InChI is InChI=1S/C18H17N3O2/c1-20(2)18(23)16-14-10-6-7-11-15(14)17(22)21(19-16)12-13-8-4-3-5-9-13/h3-11H,12H2,1-2H3. The molecule has 1 heterocycles. The van der Waals surface area contributed by atoms with E-state index in [9.17, 15) is 9.59 Å². The van der Waals surface area contributed by atoms with Gasteiger partial charge in [-0.2, -0.15) is 5.10 Å². The lowest BCUT2D eigenvalue weighted by atomic mass is 10.1. The van der Waals surface area contributed by atoms with Crippen LogP contribution >= 0.6 is 0 Å². The first kappa shape index (κ1) is 15.0. The van der Waals surface area contributed by atoms with E-state index in [1.165, 1.54) is 9.58 Å². The smallest absolute Gasteiger partial charge is 0.274 e. The third kappa shape index (κ3) is 2.85. The zero-order chi connectivity index (χ0) is 16.4. The molecule has 0 aliphatic rings. The van der Waals surface area contributed by atoms with Crippen molar-refractivity contribution in [2.45, 2.75) is 6.54 Å². The molecule has 0 saturated heterocycles. The van der Waals surface area contributed by atoms with E-state index in [0.29, 0.717) is 23.0 Å². The average molecular weight is 307 g/mol. The molecular formula is C18H17N3O2. The molecule has 1 amide bonds. The maximum atomic E-state index is 12.7. The van der Waals surface area contributed by atoms with Crippen molar-refractivity contribution in [3.8, 4) is 0 Å². The highest BCUT2D eigenvalue weighted by Gasteiger charge is 2.17. The second kappa shape index (κ2) is 6.04. The summed E-state index contributed by atoms with van der Waals surface area (Å²) >= 11 is 0. The van der Waals surface area contributed by atoms with Gasteiger partial charge in [-0.3, -0.25) is 9.59 Å². The highest BCUT2D eigenvalue weighted by atomic mass is 16.2. The molecule has 1 aromatic heterocycles. The zero-order valence-electron chi connectivity index (χ0n) is 13.1.